The summed E-state index contributed by atoms with van der Waals surface area (Å²) in [6, 6.07) is 7.23. The third-order valence-corrected chi connectivity index (χ3v) is 7.22. The summed E-state index contributed by atoms with van der Waals surface area (Å²) in [7, 11) is 0. The van der Waals surface area contributed by atoms with Crippen LogP contribution in [0.2, 0.25) is 0 Å². The lowest BCUT2D eigenvalue weighted by atomic mass is 9.74. The summed E-state index contributed by atoms with van der Waals surface area (Å²) in [5.41, 5.74) is 5.56. The standard InChI is InChI=1S/C36H41N/c1-3-4-5-11-18-29(2)34-25-24-32(33-23-16-10-17-26-37-28-33)27-35(34)36(30-19-12-6-7-13-20-30)31-21-14-8-9-15-22-31/h4-8,10-25,27,29-30,33,36-37H,3,9,26,28H2,1-2H3/b5-4-,17-10-,18-11-,23-16-. The zero-order chi connectivity index (χ0) is 25.7. The zero-order valence-electron chi connectivity index (χ0n) is 22.3. The first-order valence-corrected chi connectivity index (χ1v) is 13.8. The topological polar surface area (TPSA) is 12.0 Å². The molecule has 1 N–H and O–H groups in total. The van der Waals surface area contributed by atoms with Crippen molar-refractivity contribution in [2.24, 2.45) is 5.92 Å². The molecule has 0 aromatic heterocycles. The molecule has 0 fully saturated rings. The number of rotatable bonds is 8. The molecule has 0 saturated heterocycles. The fourth-order valence-electron chi connectivity index (χ4n) is 5.23. The van der Waals surface area contributed by atoms with Gasteiger partial charge in [0.05, 0.1) is 0 Å². The first-order valence-electron chi connectivity index (χ1n) is 13.8. The van der Waals surface area contributed by atoms with E-state index in [0.717, 1.165) is 25.9 Å². The SMILES string of the molecule is CC/C=C\C=C/C(C)c1ccc(C2/C=C\C=C/CNC2)cc1C(C1=CC=CCC=C1)C1C=CC=CC=C1. The number of nitrogens with one attached hydrogen (secondary N) is 1. The van der Waals surface area contributed by atoms with Crippen molar-refractivity contribution < 1.29 is 0 Å². The Bertz CT molecular complexity index is 1180. The summed E-state index contributed by atoms with van der Waals surface area (Å²) in [5.74, 6) is 1.16. The normalized spacial score (nSPS) is 23.4. The van der Waals surface area contributed by atoms with Crippen molar-refractivity contribution in [3.8, 4) is 0 Å². The van der Waals surface area contributed by atoms with Crippen LogP contribution in [0.25, 0.3) is 0 Å². The minimum Gasteiger partial charge on any atom is -0.312 e. The van der Waals surface area contributed by atoms with E-state index in [2.05, 4.69) is 153 Å². The summed E-state index contributed by atoms with van der Waals surface area (Å²) in [6.07, 6.45) is 44.6. The van der Waals surface area contributed by atoms with Gasteiger partial charge in [-0.05, 0) is 41.0 Å². The average Bonchev–Trinajstić information content (AvgIpc) is 3.33. The molecule has 190 valence electrons. The van der Waals surface area contributed by atoms with Crippen LogP contribution in [-0.2, 0) is 0 Å². The Labute approximate surface area is 224 Å². The van der Waals surface area contributed by atoms with Gasteiger partial charge in [-0.15, -0.1) is 0 Å². The third-order valence-electron chi connectivity index (χ3n) is 7.22. The highest BCUT2D eigenvalue weighted by molar-refractivity contribution is 5.49. The van der Waals surface area contributed by atoms with E-state index in [1.54, 1.807) is 0 Å². The number of hydrogen-bond donors (Lipinski definition) is 1. The lowest BCUT2D eigenvalue weighted by Gasteiger charge is -2.29. The van der Waals surface area contributed by atoms with Crippen LogP contribution in [0.4, 0.5) is 0 Å². The van der Waals surface area contributed by atoms with Gasteiger partial charge in [0.2, 0.25) is 0 Å². The van der Waals surface area contributed by atoms with E-state index in [0.29, 0.717) is 11.8 Å². The molecule has 3 aliphatic rings. The molecule has 1 aliphatic heterocycles. The van der Waals surface area contributed by atoms with E-state index in [-0.39, 0.29) is 11.8 Å². The molecule has 1 heterocycles. The minimum absolute atomic E-state index is 0.230. The van der Waals surface area contributed by atoms with Crippen LogP contribution in [0.15, 0.2) is 139 Å². The van der Waals surface area contributed by atoms with Gasteiger partial charge in [0.15, 0.2) is 0 Å². The Kier molecular flexibility index (Phi) is 10.3. The van der Waals surface area contributed by atoms with Crippen LogP contribution in [0.5, 0.6) is 0 Å². The average molecular weight is 488 g/mol. The second-order valence-corrected chi connectivity index (χ2v) is 9.92. The van der Waals surface area contributed by atoms with Gasteiger partial charge in [-0.2, -0.15) is 0 Å². The Morgan fingerprint density at radius 2 is 1.73 bits per heavy atom. The summed E-state index contributed by atoms with van der Waals surface area (Å²) in [4.78, 5) is 0. The van der Waals surface area contributed by atoms with Gasteiger partial charge in [0.25, 0.3) is 0 Å². The number of benzene rings is 1. The fraction of sp³-hybridized carbons (Fsp3) is 0.278. The molecule has 1 aromatic rings. The highest BCUT2D eigenvalue weighted by Gasteiger charge is 2.27. The third kappa shape index (κ3) is 7.54. The molecule has 4 rings (SSSR count). The maximum atomic E-state index is 3.59. The summed E-state index contributed by atoms with van der Waals surface area (Å²) in [5, 5.41) is 3.59. The van der Waals surface area contributed by atoms with Crippen LogP contribution >= 0.6 is 0 Å². The van der Waals surface area contributed by atoms with E-state index in [1.165, 1.54) is 22.3 Å². The number of hydrogen-bond acceptors (Lipinski definition) is 1. The van der Waals surface area contributed by atoms with Crippen LogP contribution in [0, 0.1) is 5.92 Å². The lowest BCUT2D eigenvalue weighted by molar-refractivity contribution is 0.662. The Balaban J connectivity index is 1.85. The molecule has 0 spiro atoms. The monoisotopic (exact) mass is 487 g/mol. The second-order valence-electron chi connectivity index (χ2n) is 9.92. The van der Waals surface area contributed by atoms with E-state index in [4.69, 9.17) is 0 Å². The lowest BCUT2D eigenvalue weighted by Crippen LogP contribution is -2.22. The summed E-state index contributed by atoms with van der Waals surface area (Å²) in [6.45, 7) is 6.36. The first-order chi connectivity index (χ1) is 18.3. The fourth-order valence-corrected chi connectivity index (χ4v) is 5.23. The molecule has 37 heavy (non-hydrogen) atoms. The Morgan fingerprint density at radius 3 is 2.57 bits per heavy atom. The first kappa shape index (κ1) is 26.6. The molecule has 3 unspecified atom stereocenters. The highest BCUT2D eigenvalue weighted by Crippen LogP contribution is 2.41. The van der Waals surface area contributed by atoms with Crippen molar-refractivity contribution >= 4 is 0 Å². The van der Waals surface area contributed by atoms with Crippen LogP contribution in [0.1, 0.15) is 61.1 Å². The number of allylic oxidation sites excluding steroid dienone is 18. The van der Waals surface area contributed by atoms with Gasteiger partial charge in [-0.3, -0.25) is 0 Å². The quantitative estimate of drug-likeness (QED) is 0.361. The van der Waals surface area contributed by atoms with Crippen molar-refractivity contribution in [2.45, 2.75) is 44.4 Å². The molecule has 0 saturated carbocycles. The maximum Gasteiger partial charge on any atom is 0.0190 e. The molecule has 1 aromatic carbocycles. The van der Waals surface area contributed by atoms with E-state index < -0.39 is 0 Å². The second kappa shape index (κ2) is 14.4. The Hall–Kier alpha value is -3.42. The highest BCUT2D eigenvalue weighted by atomic mass is 14.8. The van der Waals surface area contributed by atoms with Crippen LogP contribution in [0.3, 0.4) is 0 Å². The molecular weight excluding hydrogens is 446 g/mol. The van der Waals surface area contributed by atoms with Gasteiger partial charge < -0.3 is 5.32 Å². The maximum absolute atomic E-state index is 3.59. The van der Waals surface area contributed by atoms with Crippen molar-refractivity contribution in [3.05, 3.63) is 156 Å². The molecule has 3 atom stereocenters. The van der Waals surface area contributed by atoms with E-state index in [1.807, 2.05) is 0 Å². The van der Waals surface area contributed by atoms with Crippen molar-refractivity contribution in [3.63, 3.8) is 0 Å². The minimum atomic E-state index is 0.230. The van der Waals surface area contributed by atoms with Crippen molar-refractivity contribution in [1.29, 1.82) is 0 Å². The molecule has 0 bridgehead atoms. The van der Waals surface area contributed by atoms with Crippen molar-refractivity contribution in [1.82, 2.24) is 5.32 Å². The van der Waals surface area contributed by atoms with Crippen LogP contribution in [-0.4, -0.2) is 13.1 Å². The summed E-state index contributed by atoms with van der Waals surface area (Å²) < 4.78 is 0. The summed E-state index contributed by atoms with van der Waals surface area (Å²) >= 11 is 0. The smallest absolute Gasteiger partial charge is 0.0190 e. The predicted molar refractivity (Wildman–Crippen MR) is 162 cm³/mol. The van der Waals surface area contributed by atoms with E-state index in [9.17, 15) is 0 Å². The van der Waals surface area contributed by atoms with Gasteiger partial charge in [0.1, 0.15) is 0 Å². The van der Waals surface area contributed by atoms with Crippen molar-refractivity contribution in [2.75, 3.05) is 13.1 Å². The predicted octanol–water partition coefficient (Wildman–Crippen LogP) is 8.94. The van der Waals surface area contributed by atoms with Gasteiger partial charge in [-0.1, -0.05) is 147 Å². The zero-order valence-corrected chi connectivity index (χ0v) is 22.3. The molecule has 0 radical (unpaired) electrons. The molecule has 0 amide bonds. The van der Waals surface area contributed by atoms with Gasteiger partial charge in [0, 0.05) is 30.8 Å². The molecular formula is C36H41N. The Morgan fingerprint density at radius 1 is 0.892 bits per heavy atom. The molecule has 2 aliphatic carbocycles. The van der Waals surface area contributed by atoms with Gasteiger partial charge in [-0.25, -0.2) is 0 Å². The van der Waals surface area contributed by atoms with Gasteiger partial charge >= 0.3 is 0 Å². The van der Waals surface area contributed by atoms with E-state index >= 15 is 0 Å². The molecule has 1 heteroatoms. The van der Waals surface area contributed by atoms with Crippen LogP contribution < -0.4 is 5.32 Å². The molecule has 1 nitrogen and oxygen atoms in total. The largest absolute Gasteiger partial charge is 0.312 e.